The highest BCUT2D eigenvalue weighted by Gasteiger charge is 2.56. The number of phenols is 3. The molecule has 0 aromatic heterocycles. The highest BCUT2D eigenvalue weighted by molar-refractivity contribution is 5.92. The number of carboxylic acids is 2. The molecule has 1 fully saturated rings. The minimum absolute atomic E-state index is 0.105. The van der Waals surface area contributed by atoms with Gasteiger partial charge in [-0.05, 0) is 47.5 Å². The molecule has 6 N–H and O–H groups in total. The summed E-state index contributed by atoms with van der Waals surface area (Å²) in [6.45, 7) is 0. The van der Waals surface area contributed by atoms with E-state index >= 15 is 0 Å². The van der Waals surface area contributed by atoms with Crippen LogP contribution in [0.2, 0.25) is 0 Å². The van der Waals surface area contributed by atoms with Crippen molar-refractivity contribution in [1.82, 2.24) is 0 Å². The number of hydrogen-bond acceptors (Lipinski definition) is 13. The number of carboxylic acid groups (broad SMARTS) is 2. The lowest BCUT2D eigenvalue weighted by molar-refractivity contribution is -0.215. The van der Waals surface area contributed by atoms with Gasteiger partial charge in [0.1, 0.15) is 12.5 Å². The number of rotatable bonds is 11. The molecule has 2 aromatic rings. The normalized spacial score (nSPS) is 21.5. The third-order valence-corrected chi connectivity index (χ3v) is 6.36. The standard InChI is InChI=1S/C29H28O15/c1-41-21-11-16(3-7-18(21)31)5-8-24(36)42-22-14-29(28(39)40,44-26(38)12-23(34)35)13-20(33)27(22)43-25(37)9-4-15-2-6-17(30)19(32)10-15/h2-11,20,22,27,30-33H,12-14H2,1H3,(H,34,35)(H,39,40)/b8-5+,9-4+/t20-,22-,27+,29-/m1/s1. The van der Waals surface area contributed by atoms with Crippen molar-refractivity contribution in [3.8, 4) is 23.0 Å². The Morgan fingerprint density at radius 3 is 2.00 bits per heavy atom. The lowest BCUT2D eigenvalue weighted by Crippen LogP contribution is -2.60. The number of aliphatic carboxylic acids is 2. The first-order valence-electron chi connectivity index (χ1n) is 12.7. The Balaban J connectivity index is 1.87. The first-order chi connectivity index (χ1) is 20.7. The zero-order valence-electron chi connectivity index (χ0n) is 23.0. The highest BCUT2D eigenvalue weighted by atomic mass is 16.6. The molecule has 0 heterocycles. The molecule has 4 atom stereocenters. The predicted octanol–water partition coefficient (Wildman–Crippen LogP) is 1.36. The van der Waals surface area contributed by atoms with Gasteiger partial charge in [0.05, 0.1) is 13.2 Å². The van der Waals surface area contributed by atoms with E-state index < -0.39 is 84.5 Å². The molecule has 44 heavy (non-hydrogen) atoms. The van der Waals surface area contributed by atoms with Crippen LogP contribution in [0.25, 0.3) is 12.2 Å². The Labute approximate surface area is 248 Å². The van der Waals surface area contributed by atoms with Crippen molar-refractivity contribution < 1.29 is 73.6 Å². The predicted molar refractivity (Wildman–Crippen MR) is 146 cm³/mol. The number of benzene rings is 2. The second-order valence-electron chi connectivity index (χ2n) is 9.54. The Hall–Kier alpha value is -5.57. The van der Waals surface area contributed by atoms with Crippen molar-refractivity contribution in [2.24, 2.45) is 0 Å². The molecule has 234 valence electrons. The first-order valence-corrected chi connectivity index (χ1v) is 12.7. The van der Waals surface area contributed by atoms with Gasteiger partial charge in [0, 0.05) is 25.0 Å². The van der Waals surface area contributed by atoms with E-state index in [1.807, 2.05) is 0 Å². The second kappa shape index (κ2) is 14.1. The molecule has 0 unspecified atom stereocenters. The van der Waals surface area contributed by atoms with Crippen LogP contribution in [0, 0.1) is 0 Å². The molecule has 2 aromatic carbocycles. The van der Waals surface area contributed by atoms with Crippen LogP contribution in [-0.2, 0) is 38.2 Å². The fourth-order valence-electron chi connectivity index (χ4n) is 4.30. The highest BCUT2D eigenvalue weighted by Crippen LogP contribution is 2.37. The number of phenolic OH excluding ortho intramolecular Hbond substituents is 3. The van der Waals surface area contributed by atoms with Crippen molar-refractivity contribution in [2.75, 3.05) is 7.11 Å². The SMILES string of the molecule is COc1cc(/C=C/C(=O)O[C@@H]2C[C@@](OC(=O)CC(=O)O)(C(=O)O)C[C@@H](O)[C@@H]2OC(=O)/C=C/c2ccc(O)c(O)c2)ccc1O. The molecule has 1 aliphatic carbocycles. The van der Waals surface area contributed by atoms with E-state index in [4.69, 9.17) is 24.1 Å². The van der Waals surface area contributed by atoms with Gasteiger partial charge in [-0.15, -0.1) is 0 Å². The van der Waals surface area contributed by atoms with Crippen LogP contribution < -0.4 is 4.74 Å². The third kappa shape index (κ3) is 8.48. The van der Waals surface area contributed by atoms with Crippen molar-refractivity contribution in [3.63, 3.8) is 0 Å². The quantitative estimate of drug-likeness (QED) is 0.0686. The number of carbonyl (C=O) groups excluding carboxylic acids is 3. The van der Waals surface area contributed by atoms with E-state index in [-0.39, 0.29) is 17.1 Å². The summed E-state index contributed by atoms with van der Waals surface area (Å²) in [6.07, 6.45) is -3.86. The van der Waals surface area contributed by atoms with Crippen LogP contribution in [-0.4, -0.2) is 91.5 Å². The van der Waals surface area contributed by atoms with E-state index in [0.717, 1.165) is 18.2 Å². The van der Waals surface area contributed by atoms with Crippen LogP contribution in [0.4, 0.5) is 0 Å². The second-order valence-corrected chi connectivity index (χ2v) is 9.54. The van der Waals surface area contributed by atoms with Crippen LogP contribution >= 0.6 is 0 Å². The molecule has 3 rings (SSSR count). The molecule has 0 saturated heterocycles. The molecular weight excluding hydrogens is 588 g/mol. The Kier molecular flexibility index (Phi) is 10.5. The minimum Gasteiger partial charge on any atom is -0.504 e. The van der Waals surface area contributed by atoms with E-state index in [9.17, 15) is 49.5 Å². The maximum atomic E-state index is 12.8. The number of aliphatic hydroxyl groups is 1. The summed E-state index contributed by atoms with van der Waals surface area (Å²) in [5.74, 6) is -7.91. The van der Waals surface area contributed by atoms with Gasteiger partial charge in [0.25, 0.3) is 0 Å². The smallest absolute Gasteiger partial charge is 0.348 e. The van der Waals surface area contributed by atoms with Crippen molar-refractivity contribution in [1.29, 1.82) is 0 Å². The number of carbonyl (C=O) groups is 5. The fourth-order valence-corrected chi connectivity index (χ4v) is 4.30. The third-order valence-electron chi connectivity index (χ3n) is 6.36. The maximum Gasteiger partial charge on any atom is 0.348 e. The van der Waals surface area contributed by atoms with Gasteiger partial charge in [-0.2, -0.15) is 0 Å². The van der Waals surface area contributed by atoms with Crippen LogP contribution in [0.3, 0.4) is 0 Å². The molecule has 0 aliphatic heterocycles. The van der Waals surface area contributed by atoms with Crippen LogP contribution in [0.5, 0.6) is 23.0 Å². The van der Waals surface area contributed by atoms with E-state index in [1.165, 1.54) is 49.6 Å². The van der Waals surface area contributed by atoms with E-state index in [0.29, 0.717) is 5.56 Å². The Bertz CT molecular complexity index is 1490. The lowest BCUT2D eigenvalue weighted by Gasteiger charge is -2.42. The molecular formula is C29H28O15. The maximum absolute atomic E-state index is 12.8. The summed E-state index contributed by atoms with van der Waals surface area (Å²) in [5, 5.41) is 58.4. The molecule has 15 heteroatoms. The Morgan fingerprint density at radius 1 is 0.841 bits per heavy atom. The number of aromatic hydroxyl groups is 3. The van der Waals surface area contributed by atoms with Crippen molar-refractivity contribution >= 4 is 42.0 Å². The summed E-state index contributed by atoms with van der Waals surface area (Å²) in [4.78, 5) is 60.7. The topological polar surface area (TPSA) is 244 Å². The average molecular weight is 617 g/mol. The lowest BCUT2D eigenvalue weighted by atomic mass is 9.79. The molecule has 0 amide bonds. The van der Waals surface area contributed by atoms with Crippen molar-refractivity contribution in [2.45, 2.75) is 43.2 Å². The van der Waals surface area contributed by atoms with Gasteiger partial charge in [-0.25, -0.2) is 14.4 Å². The number of esters is 3. The minimum atomic E-state index is -2.55. The number of methoxy groups -OCH3 is 1. The van der Waals surface area contributed by atoms with Crippen molar-refractivity contribution in [3.05, 3.63) is 59.7 Å². The molecule has 1 saturated carbocycles. The molecule has 15 nitrogen and oxygen atoms in total. The van der Waals surface area contributed by atoms with E-state index in [2.05, 4.69) is 0 Å². The van der Waals surface area contributed by atoms with E-state index in [1.54, 1.807) is 0 Å². The van der Waals surface area contributed by atoms with Gasteiger partial charge >= 0.3 is 29.8 Å². The number of hydrogen-bond donors (Lipinski definition) is 6. The summed E-state index contributed by atoms with van der Waals surface area (Å²) in [5.41, 5.74) is -1.89. The fraction of sp³-hybridized carbons (Fsp3) is 0.276. The van der Waals surface area contributed by atoms with Crippen LogP contribution in [0.1, 0.15) is 30.4 Å². The van der Waals surface area contributed by atoms with Gasteiger partial charge in [0.2, 0.25) is 5.60 Å². The summed E-state index contributed by atoms with van der Waals surface area (Å²) in [6, 6.07) is 7.80. The van der Waals surface area contributed by atoms with Crippen LogP contribution in [0.15, 0.2) is 48.6 Å². The summed E-state index contributed by atoms with van der Waals surface area (Å²) in [7, 11) is 1.31. The van der Waals surface area contributed by atoms with Gasteiger partial charge in [0.15, 0.2) is 29.1 Å². The van der Waals surface area contributed by atoms with Gasteiger partial charge < -0.3 is 49.6 Å². The van der Waals surface area contributed by atoms with Gasteiger partial charge in [-0.3, -0.25) is 9.59 Å². The molecule has 1 aliphatic rings. The number of aliphatic hydroxyl groups excluding tert-OH is 1. The monoisotopic (exact) mass is 616 g/mol. The zero-order chi connectivity index (χ0) is 32.6. The average Bonchev–Trinajstić information content (AvgIpc) is 2.94. The first kappa shape index (κ1) is 32.9. The summed E-state index contributed by atoms with van der Waals surface area (Å²) < 4.78 is 20.6. The van der Waals surface area contributed by atoms with Gasteiger partial charge in [-0.1, -0.05) is 12.1 Å². The molecule has 0 bridgehead atoms. The molecule has 0 radical (unpaired) electrons. The summed E-state index contributed by atoms with van der Waals surface area (Å²) >= 11 is 0. The largest absolute Gasteiger partial charge is 0.504 e. The Morgan fingerprint density at radius 2 is 1.43 bits per heavy atom. The molecule has 0 spiro atoms. The zero-order valence-corrected chi connectivity index (χ0v) is 23.0. The number of ether oxygens (including phenoxy) is 4.